The van der Waals surface area contributed by atoms with Crippen molar-refractivity contribution in [3.05, 3.63) is 199 Å². The smallest absolute Gasteiger partial charge is 0.416 e. The normalized spacial score (nSPS) is 18.5. The number of fused-ring (bicyclic) bond motifs is 2. The van der Waals surface area contributed by atoms with Gasteiger partial charge in [-0.3, -0.25) is 9.80 Å². The van der Waals surface area contributed by atoms with Crippen LogP contribution in [0.1, 0.15) is 83.0 Å². The number of carboxylic acids is 2. The molecule has 4 aromatic carbocycles. The van der Waals surface area contributed by atoms with Crippen LogP contribution in [0.5, 0.6) is 0 Å². The van der Waals surface area contributed by atoms with Gasteiger partial charge in [0.1, 0.15) is 0 Å². The van der Waals surface area contributed by atoms with Gasteiger partial charge in [-0.15, -0.1) is 0 Å². The number of halogens is 6. The fraction of sp³-hybridized carbons (Fsp3) is 0.310. The number of hydrogen-bond acceptors (Lipinski definition) is 12. The first kappa shape index (κ1) is 56.1. The summed E-state index contributed by atoms with van der Waals surface area (Å²) in [7, 11) is 3.00. The van der Waals surface area contributed by atoms with Gasteiger partial charge < -0.3 is 29.5 Å². The molecule has 4 heterocycles. The van der Waals surface area contributed by atoms with Crippen molar-refractivity contribution in [2.45, 2.75) is 76.8 Å². The molecule has 20 heteroatoms. The summed E-state index contributed by atoms with van der Waals surface area (Å²) >= 11 is 0. The summed E-state index contributed by atoms with van der Waals surface area (Å²) in [6.07, 6.45) is -6.87. The Labute approximate surface area is 444 Å². The molecule has 0 aliphatic carbocycles. The lowest BCUT2D eigenvalue weighted by molar-refractivity contribution is -0.156. The summed E-state index contributed by atoms with van der Waals surface area (Å²) in [5, 5.41) is 21.6. The van der Waals surface area contributed by atoms with E-state index in [1.807, 2.05) is 48.5 Å². The summed E-state index contributed by atoms with van der Waals surface area (Å²) in [5.74, 6) is -11.9. The number of carbonyl (C=O) groups is 6. The minimum absolute atomic E-state index is 0.0389. The van der Waals surface area contributed by atoms with Crippen molar-refractivity contribution in [1.82, 2.24) is 19.6 Å². The lowest BCUT2D eigenvalue weighted by Crippen LogP contribution is -2.37. The summed E-state index contributed by atoms with van der Waals surface area (Å²) in [6, 6.07) is 22.9. The van der Waals surface area contributed by atoms with E-state index >= 15 is 0 Å². The van der Waals surface area contributed by atoms with Gasteiger partial charge in [-0.1, -0.05) is 72.8 Å². The lowest BCUT2D eigenvalue weighted by Gasteiger charge is -2.37. The van der Waals surface area contributed by atoms with E-state index in [1.165, 1.54) is 48.9 Å². The Bertz CT molecular complexity index is 3020. The van der Waals surface area contributed by atoms with Crippen molar-refractivity contribution in [2.24, 2.45) is 0 Å². The van der Waals surface area contributed by atoms with Gasteiger partial charge in [0.2, 0.25) is 0 Å². The van der Waals surface area contributed by atoms with Gasteiger partial charge in [-0.05, 0) is 84.3 Å². The fourth-order valence-corrected chi connectivity index (χ4v) is 10.7. The zero-order chi connectivity index (χ0) is 56.4. The largest absolute Gasteiger partial charge is 0.478 e. The first-order valence-electron chi connectivity index (χ1n) is 24.9. The minimum atomic E-state index is -4.76. The molecule has 4 aromatic rings. The number of ether oxygens (including phenoxy) is 2. The van der Waals surface area contributed by atoms with Crippen LogP contribution >= 0.6 is 0 Å². The predicted molar refractivity (Wildman–Crippen MR) is 270 cm³/mol. The highest BCUT2D eigenvalue weighted by Gasteiger charge is 2.44. The van der Waals surface area contributed by atoms with E-state index in [9.17, 15) is 65.3 Å². The second-order valence-corrected chi connectivity index (χ2v) is 19.4. The molecule has 2 unspecified atom stereocenters. The van der Waals surface area contributed by atoms with Gasteiger partial charge >= 0.3 is 48.2 Å². The minimum Gasteiger partial charge on any atom is -0.478 e. The molecule has 0 saturated heterocycles. The number of alkyl halides is 6. The van der Waals surface area contributed by atoms with E-state index in [0.717, 1.165) is 72.5 Å². The molecule has 14 nitrogen and oxygen atoms in total. The number of hydrogen-bond donors (Lipinski definition) is 2. The van der Waals surface area contributed by atoms with Crippen LogP contribution < -0.4 is 0 Å². The molecule has 0 bridgehead atoms. The summed E-state index contributed by atoms with van der Waals surface area (Å²) < 4.78 is 92.7. The van der Waals surface area contributed by atoms with E-state index in [0.29, 0.717) is 51.4 Å². The third-order valence-electron chi connectivity index (χ3n) is 14.9. The number of carbonyl (C=O) groups excluding carboxylic acids is 4. The van der Waals surface area contributed by atoms with E-state index in [2.05, 4.69) is 9.80 Å². The fourth-order valence-electron chi connectivity index (χ4n) is 10.7. The predicted octanol–water partition coefficient (Wildman–Crippen LogP) is 9.30. The molecule has 0 fully saturated rings. The molecule has 0 amide bonds. The van der Waals surface area contributed by atoms with Crippen LogP contribution in [0.3, 0.4) is 0 Å². The summed E-state index contributed by atoms with van der Waals surface area (Å²) in [6.45, 7) is 6.14. The Kier molecular flexibility index (Phi) is 16.4. The van der Waals surface area contributed by atoms with E-state index in [-0.39, 0.29) is 57.9 Å². The second-order valence-electron chi connectivity index (χ2n) is 19.4. The Hall–Kier alpha value is -8.10. The average Bonchev–Trinajstić information content (AvgIpc) is 3.48. The zero-order valence-electron chi connectivity index (χ0n) is 42.8. The van der Waals surface area contributed by atoms with Crippen LogP contribution in [0.25, 0.3) is 0 Å². The third-order valence-corrected chi connectivity index (χ3v) is 14.9. The molecule has 2 atom stereocenters. The maximum atomic E-state index is 14.1. The second kappa shape index (κ2) is 22.9. The average molecular weight is 1080 g/mol. The first-order chi connectivity index (χ1) is 36.9. The molecule has 78 heavy (non-hydrogen) atoms. The number of carboxylic acid groups (broad SMARTS) is 2. The van der Waals surface area contributed by atoms with Crippen LogP contribution in [0, 0.1) is 0 Å². The summed E-state index contributed by atoms with van der Waals surface area (Å²) in [5.41, 5.74) is 1.61. The van der Waals surface area contributed by atoms with Gasteiger partial charge in [-0.25, -0.2) is 28.8 Å². The number of esters is 4. The standard InChI is InChI=1S/C58H54F6N4O10/c1-33-47(49(37-13-17-41(18-14-37)57(59,60)61)51(53(71)72)43(65(33)3)25-29-67-27-23-35-9-5-7-11-39(35)31-67)55(75)77-45(69)21-22-46(70)78-56(76)48-34(2)66(4)44(26-30-68-28-24-36-10-6-8-12-40(36)32-68)52(54(73)74)50(48)38-15-19-42(20-16-38)58(62,63)64/h5-22,49-50H,23-32H2,1-4H3,(H,71,72)(H,73,74)/b22-21+. The number of allylic oxidation sites excluding steroid dienone is 2. The van der Waals surface area contributed by atoms with E-state index in [4.69, 9.17) is 9.47 Å². The highest BCUT2D eigenvalue weighted by molar-refractivity contribution is 6.07. The van der Waals surface area contributed by atoms with Crippen LogP contribution in [0.2, 0.25) is 0 Å². The first-order valence-corrected chi connectivity index (χ1v) is 24.9. The zero-order valence-corrected chi connectivity index (χ0v) is 42.8. The molecule has 8 rings (SSSR count). The van der Waals surface area contributed by atoms with Crippen molar-refractivity contribution in [1.29, 1.82) is 0 Å². The Balaban J connectivity index is 1.03. The van der Waals surface area contributed by atoms with Crippen LogP contribution in [0.4, 0.5) is 26.3 Å². The van der Waals surface area contributed by atoms with Gasteiger partial charge in [0.05, 0.1) is 45.3 Å². The number of aliphatic carboxylic acids is 2. The van der Waals surface area contributed by atoms with Crippen LogP contribution in [-0.2, 0) is 76.5 Å². The number of nitrogens with zero attached hydrogens (tertiary/aromatic N) is 4. The molecule has 0 aromatic heterocycles. The van der Waals surface area contributed by atoms with Crippen molar-refractivity contribution in [3.8, 4) is 0 Å². The molecule has 2 N–H and O–H groups in total. The monoisotopic (exact) mass is 1080 g/mol. The molecular weight excluding hydrogens is 1030 g/mol. The topological polar surface area (TPSA) is 174 Å². The van der Waals surface area contributed by atoms with Crippen LogP contribution in [-0.4, -0.2) is 106 Å². The van der Waals surface area contributed by atoms with Gasteiger partial charge in [0.15, 0.2) is 0 Å². The maximum absolute atomic E-state index is 14.1. The van der Waals surface area contributed by atoms with Gasteiger partial charge in [0, 0.05) is 101 Å². The van der Waals surface area contributed by atoms with Crippen molar-refractivity contribution in [2.75, 3.05) is 40.3 Å². The lowest BCUT2D eigenvalue weighted by atomic mass is 9.79. The number of rotatable bonds is 14. The molecule has 0 spiro atoms. The SMILES string of the molecule is CC1=C(C(=O)OC(=O)/C=C/C(=O)OC(=O)C2=C(C)N(C)C(CCN3CCc4ccccc4C3)=C(C(=O)O)C2c2ccc(C(F)(F)F)cc2)C(c2ccc(C(F)(F)F)cc2)C(C(=O)O)=C(CCN2CCc3ccccc3C2)N1C. The molecule has 4 aliphatic rings. The van der Waals surface area contributed by atoms with Crippen molar-refractivity contribution < 1.29 is 74.8 Å². The summed E-state index contributed by atoms with van der Waals surface area (Å²) in [4.78, 5) is 88.7. The molecule has 0 saturated carbocycles. The van der Waals surface area contributed by atoms with E-state index < -0.39 is 82.3 Å². The van der Waals surface area contributed by atoms with Crippen molar-refractivity contribution in [3.63, 3.8) is 0 Å². The Morgan fingerprint density at radius 1 is 0.526 bits per heavy atom. The third kappa shape index (κ3) is 12.0. The number of benzene rings is 4. The van der Waals surface area contributed by atoms with Crippen LogP contribution in [0.15, 0.2) is 154 Å². The Morgan fingerprint density at radius 2 is 0.859 bits per heavy atom. The van der Waals surface area contributed by atoms with Gasteiger partial charge in [0.25, 0.3) is 0 Å². The molecule has 408 valence electrons. The quantitative estimate of drug-likeness (QED) is 0.0529. The maximum Gasteiger partial charge on any atom is 0.416 e. The van der Waals surface area contributed by atoms with Gasteiger partial charge in [-0.2, -0.15) is 26.3 Å². The van der Waals surface area contributed by atoms with E-state index in [1.54, 1.807) is 0 Å². The highest BCUT2D eigenvalue weighted by atomic mass is 19.4. The molecule has 4 aliphatic heterocycles. The highest BCUT2D eigenvalue weighted by Crippen LogP contribution is 2.46. The molecular formula is C58H54F6N4O10. The van der Waals surface area contributed by atoms with Crippen molar-refractivity contribution >= 4 is 35.8 Å². The Morgan fingerprint density at radius 3 is 1.18 bits per heavy atom. The molecule has 0 radical (unpaired) electrons.